The van der Waals surface area contributed by atoms with Gasteiger partial charge in [0.1, 0.15) is 48.3 Å². The summed E-state index contributed by atoms with van der Waals surface area (Å²) in [5.41, 5.74) is 4.75. The van der Waals surface area contributed by atoms with Crippen LogP contribution in [0.3, 0.4) is 0 Å². The molecule has 688 valence electrons. The first-order valence-electron chi connectivity index (χ1n) is 48.3. The maximum atomic E-state index is 15.1. The molecular formula is C70H114Cl3F5N14O24S4. The molecule has 10 N–H and O–H groups in total. The summed E-state index contributed by atoms with van der Waals surface area (Å²) in [7, 11) is -6.50. The van der Waals surface area contributed by atoms with Crippen LogP contribution in [0.1, 0.15) is 119 Å². The molecule has 50 heteroatoms. The Bertz CT molecular complexity index is 5390. The number of rotatable bonds is 20. The number of benzene rings is 2. The molecule has 120 heavy (non-hydrogen) atoms. The molecule has 0 unspecified atom stereocenters. The summed E-state index contributed by atoms with van der Waals surface area (Å²) in [6.45, 7) is 10.6. The second kappa shape index (κ2) is 41.6. The van der Waals surface area contributed by atoms with E-state index in [1.54, 1.807) is 27.7 Å². The van der Waals surface area contributed by atoms with Gasteiger partial charge < -0.3 is 93.2 Å². The van der Waals surface area contributed by atoms with Crippen LogP contribution in [0.5, 0.6) is 5.75 Å². The van der Waals surface area contributed by atoms with Crippen molar-refractivity contribution in [2.75, 3.05) is 116 Å². The SMILES string of the molecule is CC(=O)c1c(F)c(S(=O)(=O)Cl)cn1C.CCOC(=O)N1C[C@@H](CO)[C@@H](N)C1.CCOC(=O)N1C[C@@H](CO)[C@@H](NS(=O)(=O)c2cn(C)c(C(=O)Nc3ccc(F)c(Cl)c3)c2F)C1.CCOC(=O)N1C[C@@H](CO)[C@@H](NS(=O)(=O)c2cn(C)c(C(C)=O)c2F)C1.CCOC(=O)N1C[C@H]2COc3c(cn(C)c3C(=O)Nc3ccc(F)c(Cl)c3)S(=O)(=O)N[C@H]2C1.[2H][2H].[2H][2H].[2H][2H].[2H][2H].[2H][2H].[2H][2H].[2H][2H].[2H][2H].[2H][2H].[2H][2H].[2H][2H].[2H][2H]. The molecule has 4 aromatic heterocycles. The lowest BCUT2D eigenvalue weighted by Gasteiger charge is -2.23. The van der Waals surface area contributed by atoms with Gasteiger partial charge in [0.15, 0.2) is 40.5 Å². The van der Waals surface area contributed by atoms with E-state index in [1.165, 1.54) is 76.8 Å². The fraction of sp³-hybridized carbons (Fsp3) is 0.486. The Morgan fingerprint density at radius 1 is 0.542 bits per heavy atom. The lowest BCUT2D eigenvalue weighted by atomic mass is 10.1. The molecule has 6 amide bonds. The van der Waals surface area contributed by atoms with Crippen LogP contribution < -0.4 is 35.3 Å². The van der Waals surface area contributed by atoms with E-state index in [0.29, 0.717) is 19.7 Å². The molecule has 4 fully saturated rings. The van der Waals surface area contributed by atoms with Crippen molar-refractivity contribution < 1.29 is 169 Å². The van der Waals surface area contributed by atoms with Crippen LogP contribution in [0.2, 0.25) is 10.0 Å². The van der Waals surface area contributed by atoms with Crippen molar-refractivity contribution in [1.29, 1.82) is 0 Å². The summed E-state index contributed by atoms with van der Waals surface area (Å²) in [6.07, 6.45) is 2.05. The Labute approximate surface area is 737 Å². The smallest absolute Gasteiger partial charge is 0.409 e. The zero-order chi connectivity index (χ0) is 114. The topological polar surface area (TPSA) is 499 Å². The van der Waals surface area contributed by atoms with Gasteiger partial charge in [0.25, 0.3) is 20.9 Å². The molecule has 6 aromatic rings. The number of nitrogens with two attached hydrogens (primary N) is 1. The number of ketones is 2. The predicted octanol–water partition coefficient (Wildman–Crippen LogP) is 7.87. The minimum atomic E-state index is -4.49. The van der Waals surface area contributed by atoms with E-state index in [9.17, 15) is 99.8 Å². The van der Waals surface area contributed by atoms with Gasteiger partial charge in [-0.15, -0.1) is 0 Å². The Morgan fingerprint density at radius 2 is 0.900 bits per heavy atom. The van der Waals surface area contributed by atoms with Crippen molar-refractivity contribution in [3.63, 3.8) is 0 Å². The number of carbonyl (C=O) groups excluding carboxylic acids is 8. The van der Waals surface area contributed by atoms with Gasteiger partial charge in [-0.2, -0.15) is 0 Å². The molecule has 11 rings (SSSR count). The van der Waals surface area contributed by atoms with Crippen LogP contribution in [0.4, 0.5) is 52.5 Å². The first-order chi connectivity index (χ1) is 68.1. The highest BCUT2D eigenvalue weighted by atomic mass is 35.7. The summed E-state index contributed by atoms with van der Waals surface area (Å²) in [5.74, 6) is -9.35. The molecule has 38 nitrogen and oxygen atoms in total. The molecule has 4 saturated heterocycles. The Balaban J connectivity index is -0.000000404. The van der Waals surface area contributed by atoms with E-state index in [-0.39, 0.29) is 152 Å². The lowest BCUT2D eigenvalue weighted by molar-refractivity contribution is 0.0992. The lowest BCUT2D eigenvalue weighted by Crippen LogP contribution is -2.43. The van der Waals surface area contributed by atoms with E-state index < -0.39 is 167 Å². The maximum Gasteiger partial charge on any atom is 0.409 e. The molecular weight excluding hydrogens is 1750 g/mol. The fourth-order valence-electron chi connectivity index (χ4n) is 13.1. The molecule has 0 aliphatic carbocycles. The number of anilines is 2. The second-order valence-corrected chi connectivity index (χ2v) is 35.9. The Kier molecular flexibility index (Phi) is 27.9. The summed E-state index contributed by atoms with van der Waals surface area (Å²) in [6, 6.07) is 4.62. The summed E-state index contributed by atoms with van der Waals surface area (Å²) in [4.78, 5) is 98.2. The largest absolute Gasteiger partial charge is 0.489 e. The summed E-state index contributed by atoms with van der Waals surface area (Å²) in [5, 5.41) is 32.5. The standard InChI is InChI=1S/C20H23ClF2N4O6S.C20H22ClFN4O6S.C15H22FN3O6S.C8H16N2O3.C7H7ClFNO3S.12H2/c1-3-33-20(30)27-7-11(10-28)15(8-27)25-34(31,32)16-9-26(2)18(17(16)23)19(29)24-12-4-5-14(22)13(21)6-12;1-3-31-20(28)26-7-11-10-32-18-16(33(29,30)24-15(11)8-26)9-25(2)17(18)19(27)23-12-4-5-14(22)13(21)6-12;1-4-25-15(22)19-5-10(8-20)11(6-19)17-26(23,24)12-7-18(3)14(9(2)21)13(12)16;1-2-13-8(12)10-3-6(5-11)7(9)4-10;1-4(11)7-6(9)5(3-10(7)2)14(8,12)13;;;;;;;;;;;;/h4-6,9,11,15,25,28H,3,7-8,10H2,1-2H3,(H,24,29);4-6,9,11,15,24H,3,7-8,10H2,1-2H3,(H,23,27);7,10-11,17,20H,4-6,8H2,1-3H3;6-7,11H,2-5,9H2,1H3;3H,1-2H3;12*1H/t2*11-,15-;10-,11-;6-,7-;;;;;;;;;;;;;/m0000............./s1/i;;;;;12*1+1D. The number of nitrogens with one attached hydrogen (secondary N) is 5. The number of nitrogens with zero attached hydrogens (tertiary/aromatic N) is 8. The number of aromatic nitrogens is 4. The van der Waals surface area contributed by atoms with E-state index in [4.69, 9.17) is 104 Å². The average Bonchev–Trinajstić information content (AvgIpc) is 1.63. The first kappa shape index (κ1) is 80.5. The number of carbonyl (C=O) groups is 8. The number of likely N-dealkylation sites (tertiary alicyclic amines) is 4. The van der Waals surface area contributed by atoms with Crippen LogP contribution >= 0.6 is 33.9 Å². The molecule has 0 bridgehead atoms. The minimum Gasteiger partial charge on any atom is -0.489 e. The molecule has 8 atom stereocenters. The Morgan fingerprint density at radius 3 is 1.27 bits per heavy atom. The van der Waals surface area contributed by atoms with Gasteiger partial charge in [-0.1, -0.05) is 23.2 Å². The average molecular weight is 1890 g/mol. The van der Waals surface area contributed by atoms with Crippen LogP contribution in [0.25, 0.3) is 0 Å². The molecule has 5 aliphatic heterocycles. The van der Waals surface area contributed by atoms with Crippen LogP contribution in [-0.4, -0.2) is 264 Å². The van der Waals surface area contributed by atoms with E-state index in [0.717, 1.165) is 64.3 Å². The van der Waals surface area contributed by atoms with Crippen molar-refractivity contribution in [3.05, 3.63) is 123 Å². The number of halogens is 8. The number of aliphatic hydroxyl groups is 3. The number of sulfonamides is 3. The van der Waals surface area contributed by atoms with Crippen LogP contribution in [0, 0.1) is 52.8 Å². The number of Topliss-reactive ketones (excluding diaryl/α,β-unsaturated/α-hetero) is 2. The number of aliphatic hydroxyl groups excluding tert-OH is 3. The fourth-order valence-corrected chi connectivity index (χ4v) is 18.7. The monoisotopic (exact) mass is 1890 g/mol. The highest BCUT2D eigenvalue weighted by Gasteiger charge is 2.45. The van der Waals surface area contributed by atoms with Crippen molar-refractivity contribution >= 4 is 132 Å². The van der Waals surface area contributed by atoms with E-state index in [1.807, 2.05) is 0 Å². The predicted molar refractivity (Wildman–Crippen MR) is 444 cm³/mol. The van der Waals surface area contributed by atoms with Crippen molar-refractivity contribution in [2.24, 2.45) is 57.6 Å². The summed E-state index contributed by atoms with van der Waals surface area (Å²) >= 11 is 11.4. The van der Waals surface area contributed by atoms with Gasteiger partial charge in [0, 0.05) is 245 Å². The molecule has 0 radical (unpaired) electrons. The number of fused-ring (bicyclic) bond motifs is 2. The van der Waals surface area contributed by atoms with Crippen molar-refractivity contribution in [1.82, 2.24) is 52.0 Å². The molecule has 0 saturated carbocycles. The number of aryl methyl sites for hydroxylation is 4. The van der Waals surface area contributed by atoms with Crippen molar-refractivity contribution in [2.45, 2.75) is 85.3 Å². The van der Waals surface area contributed by atoms with Gasteiger partial charge in [-0.25, -0.2) is 89.0 Å². The zero-order valence-corrected chi connectivity index (χ0v) is 71.5. The third-order valence-corrected chi connectivity index (χ3v) is 25.3. The van der Waals surface area contributed by atoms with Gasteiger partial charge in [0.05, 0.1) is 43.1 Å². The Hall–Kier alpha value is -9.24. The quantitative estimate of drug-likeness (QED) is 0.0152. The first-order valence-corrected chi connectivity index (χ1v) is 43.8. The summed E-state index contributed by atoms with van der Waals surface area (Å²) < 4.78 is 326. The van der Waals surface area contributed by atoms with Gasteiger partial charge in [-0.05, 0) is 64.1 Å². The third-order valence-electron chi connectivity index (χ3n) is 18.9. The van der Waals surface area contributed by atoms with Gasteiger partial charge in [0.2, 0.25) is 30.1 Å². The number of hydrogen-bond acceptors (Lipinski definition) is 25. The highest BCUT2D eigenvalue weighted by Crippen LogP contribution is 2.36. The third kappa shape index (κ3) is 23.7. The highest BCUT2D eigenvalue weighted by molar-refractivity contribution is 8.13. The van der Waals surface area contributed by atoms with Crippen molar-refractivity contribution in [3.8, 4) is 5.75 Å². The molecule has 0 spiro atoms. The van der Waals surface area contributed by atoms with E-state index in [2.05, 4.69) is 24.8 Å². The zero-order valence-electron chi connectivity index (χ0n) is 89.9. The number of amides is 6. The van der Waals surface area contributed by atoms with E-state index >= 15 is 4.39 Å². The maximum absolute atomic E-state index is 15.1. The molecule has 9 heterocycles. The van der Waals surface area contributed by atoms with Crippen LogP contribution in [-0.2, 0) is 86.3 Å². The molecule has 5 aliphatic rings. The number of hydrogen-bond donors (Lipinski definition) is 9. The van der Waals surface area contributed by atoms with Crippen LogP contribution in [0.15, 0.2) is 80.8 Å². The molecule has 2 aromatic carbocycles. The second-order valence-electron chi connectivity index (χ2n) is 27.5. The number of ether oxygens (including phenoxy) is 5. The van der Waals surface area contributed by atoms with Gasteiger partial charge >= 0.3 is 24.4 Å². The minimum absolute atomic E-state index is 0.00981. The normalized spacial score (nSPS) is 20.6. The van der Waals surface area contributed by atoms with Gasteiger partial charge in [-0.3, -0.25) is 19.2 Å².